The molecule has 36 heavy (non-hydrogen) atoms. The Hall–Kier alpha value is -4.10. The van der Waals surface area contributed by atoms with Crippen molar-refractivity contribution in [1.29, 1.82) is 0 Å². The van der Waals surface area contributed by atoms with Crippen LogP contribution in [0.5, 0.6) is 28.7 Å². The standard InChI is InChI=1S/C28H26ClNO6/c1-32-20-15-26(33-2)21(27(16-20)34-3)14-19-12-13-25(36-19)28(31)30-17-22-23(29)10-7-11-24(22)35-18-8-5-4-6-9-18/h4-13,15-16H,14,17H2,1-3H3,(H,30,31). The van der Waals surface area contributed by atoms with Gasteiger partial charge in [0.15, 0.2) is 5.76 Å². The van der Waals surface area contributed by atoms with Gasteiger partial charge in [-0.25, -0.2) is 0 Å². The van der Waals surface area contributed by atoms with Crippen molar-refractivity contribution >= 4 is 17.5 Å². The summed E-state index contributed by atoms with van der Waals surface area (Å²) in [4.78, 5) is 12.8. The van der Waals surface area contributed by atoms with E-state index in [1.165, 1.54) is 0 Å². The molecule has 4 rings (SSSR count). The first-order chi connectivity index (χ1) is 17.5. The molecule has 0 spiro atoms. The summed E-state index contributed by atoms with van der Waals surface area (Å²) in [6.45, 7) is 0.164. The van der Waals surface area contributed by atoms with E-state index in [-0.39, 0.29) is 18.2 Å². The molecular weight excluding hydrogens is 482 g/mol. The van der Waals surface area contributed by atoms with Gasteiger partial charge in [0, 0.05) is 41.2 Å². The Labute approximate surface area is 214 Å². The summed E-state index contributed by atoms with van der Waals surface area (Å²) in [5.74, 6) is 3.42. The molecule has 1 heterocycles. The fraction of sp³-hybridized carbons (Fsp3) is 0.179. The topological polar surface area (TPSA) is 79.2 Å². The molecule has 0 fully saturated rings. The zero-order chi connectivity index (χ0) is 25.5. The normalized spacial score (nSPS) is 10.6. The van der Waals surface area contributed by atoms with E-state index in [9.17, 15) is 4.79 Å². The van der Waals surface area contributed by atoms with Crippen molar-refractivity contribution in [1.82, 2.24) is 5.32 Å². The molecule has 0 radical (unpaired) electrons. The van der Waals surface area contributed by atoms with Gasteiger partial charge < -0.3 is 28.7 Å². The summed E-state index contributed by atoms with van der Waals surface area (Å²) in [6.07, 6.45) is 0.364. The molecule has 4 aromatic rings. The van der Waals surface area contributed by atoms with Crippen molar-refractivity contribution in [3.63, 3.8) is 0 Å². The highest BCUT2D eigenvalue weighted by atomic mass is 35.5. The highest BCUT2D eigenvalue weighted by Crippen LogP contribution is 2.36. The van der Waals surface area contributed by atoms with Gasteiger partial charge >= 0.3 is 0 Å². The number of furan rings is 1. The summed E-state index contributed by atoms with van der Waals surface area (Å²) in [5, 5.41) is 3.35. The number of halogens is 1. The number of hydrogen-bond donors (Lipinski definition) is 1. The van der Waals surface area contributed by atoms with Gasteiger partial charge in [-0.3, -0.25) is 4.79 Å². The van der Waals surface area contributed by atoms with Crippen LogP contribution in [-0.4, -0.2) is 27.2 Å². The van der Waals surface area contributed by atoms with Crippen molar-refractivity contribution in [2.75, 3.05) is 21.3 Å². The Morgan fingerprint density at radius 2 is 1.53 bits per heavy atom. The molecule has 0 unspecified atom stereocenters. The van der Waals surface area contributed by atoms with Gasteiger partial charge in [-0.05, 0) is 36.4 Å². The summed E-state index contributed by atoms with van der Waals surface area (Å²) in [7, 11) is 4.72. The molecule has 0 saturated heterocycles. The lowest BCUT2D eigenvalue weighted by Crippen LogP contribution is -2.22. The number of hydrogen-bond acceptors (Lipinski definition) is 6. The van der Waals surface area contributed by atoms with Crippen LogP contribution in [0.2, 0.25) is 5.02 Å². The molecule has 1 N–H and O–H groups in total. The molecule has 1 aromatic heterocycles. The SMILES string of the molecule is COc1cc(OC)c(Cc2ccc(C(=O)NCc3c(Cl)cccc3Oc3ccccc3)o2)c(OC)c1. The summed E-state index contributed by atoms with van der Waals surface area (Å²) in [5.41, 5.74) is 1.44. The van der Waals surface area contributed by atoms with Crippen LogP contribution in [0.25, 0.3) is 0 Å². The van der Waals surface area contributed by atoms with Gasteiger partial charge in [0.05, 0.1) is 21.3 Å². The number of amides is 1. The minimum absolute atomic E-state index is 0.164. The number of para-hydroxylation sites is 1. The molecule has 8 heteroatoms. The Balaban J connectivity index is 1.47. The molecule has 0 bridgehead atoms. The van der Waals surface area contributed by atoms with Crippen LogP contribution in [-0.2, 0) is 13.0 Å². The van der Waals surface area contributed by atoms with Crippen molar-refractivity contribution in [3.8, 4) is 28.7 Å². The van der Waals surface area contributed by atoms with E-state index in [0.29, 0.717) is 51.5 Å². The average Bonchev–Trinajstić information content (AvgIpc) is 3.37. The highest BCUT2D eigenvalue weighted by molar-refractivity contribution is 6.31. The first kappa shape index (κ1) is 25.0. The third kappa shape index (κ3) is 5.75. The monoisotopic (exact) mass is 507 g/mol. The molecule has 0 aliphatic carbocycles. The van der Waals surface area contributed by atoms with Crippen LogP contribution >= 0.6 is 11.6 Å². The average molecular weight is 508 g/mol. The molecule has 0 saturated carbocycles. The largest absolute Gasteiger partial charge is 0.496 e. The van der Waals surface area contributed by atoms with Gasteiger partial charge in [0.25, 0.3) is 5.91 Å². The number of carbonyl (C=O) groups is 1. The number of methoxy groups -OCH3 is 3. The van der Waals surface area contributed by atoms with Crippen molar-refractivity contribution in [2.24, 2.45) is 0 Å². The zero-order valence-corrected chi connectivity index (χ0v) is 20.9. The molecule has 0 atom stereocenters. The third-order valence-corrected chi connectivity index (χ3v) is 5.88. The van der Waals surface area contributed by atoms with Crippen LogP contribution in [0.15, 0.2) is 77.2 Å². The van der Waals surface area contributed by atoms with Gasteiger partial charge in [-0.15, -0.1) is 0 Å². The quantitative estimate of drug-likeness (QED) is 0.272. The first-order valence-electron chi connectivity index (χ1n) is 11.2. The smallest absolute Gasteiger partial charge is 0.287 e. The second-order valence-electron chi connectivity index (χ2n) is 7.77. The van der Waals surface area contributed by atoms with E-state index >= 15 is 0 Å². The lowest BCUT2D eigenvalue weighted by molar-refractivity contribution is 0.0921. The second-order valence-corrected chi connectivity index (χ2v) is 8.17. The highest BCUT2D eigenvalue weighted by Gasteiger charge is 2.18. The second kappa shape index (κ2) is 11.6. The Morgan fingerprint density at radius 1 is 0.806 bits per heavy atom. The minimum atomic E-state index is -0.375. The summed E-state index contributed by atoms with van der Waals surface area (Å²) in [6, 6.07) is 21.6. The minimum Gasteiger partial charge on any atom is -0.496 e. The fourth-order valence-electron chi connectivity index (χ4n) is 3.70. The van der Waals surface area contributed by atoms with Crippen molar-refractivity contribution in [3.05, 3.63) is 100 Å². The maximum absolute atomic E-state index is 12.8. The van der Waals surface area contributed by atoms with E-state index in [1.54, 1.807) is 63.8 Å². The van der Waals surface area contributed by atoms with Gasteiger partial charge in [0.1, 0.15) is 34.5 Å². The first-order valence-corrected chi connectivity index (χ1v) is 11.6. The maximum Gasteiger partial charge on any atom is 0.287 e. The van der Waals surface area contributed by atoms with Crippen LogP contribution < -0.4 is 24.3 Å². The Kier molecular flexibility index (Phi) is 8.02. The number of nitrogens with one attached hydrogen (secondary N) is 1. The van der Waals surface area contributed by atoms with Crippen molar-refractivity contribution in [2.45, 2.75) is 13.0 Å². The Bertz CT molecular complexity index is 1310. The van der Waals surface area contributed by atoms with Crippen molar-refractivity contribution < 1.29 is 28.2 Å². The molecular formula is C28H26ClNO6. The molecule has 7 nitrogen and oxygen atoms in total. The maximum atomic E-state index is 12.8. The van der Waals surface area contributed by atoms with E-state index in [0.717, 1.165) is 5.56 Å². The van der Waals surface area contributed by atoms with Gasteiger partial charge in [0.2, 0.25) is 0 Å². The molecule has 3 aromatic carbocycles. The number of ether oxygens (including phenoxy) is 4. The van der Waals surface area contributed by atoms with Crippen LogP contribution in [0.1, 0.15) is 27.4 Å². The molecule has 0 aliphatic rings. The molecule has 186 valence electrons. The predicted octanol–water partition coefficient (Wildman–Crippen LogP) is 6.27. The predicted molar refractivity (Wildman–Crippen MR) is 137 cm³/mol. The number of rotatable bonds is 10. The zero-order valence-electron chi connectivity index (χ0n) is 20.2. The fourth-order valence-corrected chi connectivity index (χ4v) is 3.93. The van der Waals surface area contributed by atoms with Crippen LogP contribution in [0.4, 0.5) is 0 Å². The van der Waals surface area contributed by atoms with Crippen LogP contribution in [0.3, 0.4) is 0 Å². The molecule has 0 aliphatic heterocycles. The number of benzene rings is 3. The molecule has 1 amide bonds. The summed E-state index contributed by atoms with van der Waals surface area (Å²) >= 11 is 6.41. The third-order valence-electron chi connectivity index (χ3n) is 5.53. The van der Waals surface area contributed by atoms with E-state index in [4.69, 9.17) is 35.0 Å². The van der Waals surface area contributed by atoms with E-state index in [2.05, 4.69) is 5.32 Å². The number of carbonyl (C=O) groups excluding carboxylic acids is 1. The van der Waals surface area contributed by atoms with E-state index < -0.39 is 0 Å². The van der Waals surface area contributed by atoms with E-state index in [1.807, 2.05) is 30.3 Å². The lowest BCUT2D eigenvalue weighted by Gasteiger charge is -2.14. The Morgan fingerprint density at radius 3 is 2.19 bits per heavy atom. The van der Waals surface area contributed by atoms with Gasteiger partial charge in [-0.2, -0.15) is 0 Å². The van der Waals surface area contributed by atoms with Gasteiger partial charge in [-0.1, -0.05) is 35.9 Å². The lowest BCUT2D eigenvalue weighted by atomic mass is 10.1. The van der Waals surface area contributed by atoms with Crippen LogP contribution in [0, 0.1) is 0 Å². The summed E-state index contributed by atoms with van der Waals surface area (Å²) < 4.78 is 28.1.